The van der Waals surface area contributed by atoms with Crippen molar-refractivity contribution in [3.05, 3.63) is 99.5 Å². The molecule has 0 aliphatic carbocycles. The van der Waals surface area contributed by atoms with E-state index >= 15 is 0 Å². The van der Waals surface area contributed by atoms with Gasteiger partial charge in [-0.15, -0.1) is 0 Å². The van der Waals surface area contributed by atoms with E-state index in [2.05, 4.69) is 33.0 Å². The number of benzene rings is 3. The van der Waals surface area contributed by atoms with Crippen molar-refractivity contribution in [3.8, 4) is 17.2 Å². The molecule has 0 heterocycles. The van der Waals surface area contributed by atoms with Gasteiger partial charge in [-0.1, -0.05) is 52.3 Å². The first-order chi connectivity index (χ1) is 16.0. The Bertz CT molecular complexity index is 1150. The molecule has 0 saturated carbocycles. The molecule has 0 bridgehead atoms. The number of nitrogens with one attached hydrogen (secondary N) is 1. The predicted octanol–water partition coefficient (Wildman–Crippen LogP) is 6.02. The molecule has 0 aromatic heterocycles. The lowest BCUT2D eigenvalue weighted by Crippen LogP contribution is -2.17. The van der Waals surface area contributed by atoms with Gasteiger partial charge in [0.2, 0.25) is 0 Å². The number of carbonyl (C=O) groups is 1. The molecule has 3 aromatic rings. The minimum absolute atomic E-state index is 0.336. The van der Waals surface area contributed by atoms with Crippen molar-refractivity contribution < 1.29 is 19.0 Å². The van der Waals surface area contributed by atoms with E-state index in [0.717, 1.165) is 10.0 Å². The Hall–Kier alpha value is -3.29. The van der Waals surface area contributed by atoms with Gasteiger partial charge in [-0.05, 0) is 59.7 Å². The molecule has 3 rings (SSSR count). The lowest BCUT2D eigenvalue weighted by molar-refractivity contribution is 0.0954. The van der Waals surface area contributed by atoms with E-state index in [9.17, 15) is 4.79 Å². The molecule has 8 heteroatoms. The number of methoxy groups -OCH3 is 1. The molecule has 170 valence electrons. The number of hydrogen-bond donors (Lipinski definition) is 1. The lowest BCUT2D eigenvalue weighted by Gasteiger charge is -2.10. The maximum atomic E-state index is 12.4. The Morgan fingerprint density at radius 2 is 1.82 bits per heavy atom. The topological polar surface area (TPSA) is 69.2 Å². The molecule has 6 nitrogen and oxygen atoms in total. The fourth-order valence-electron chi connectivity index (χ4n) is 2.76. The largest absolute Gasteiger partial charge is 0.493 e. The summed E-state index contributed by atoms with van der Waals surface area (Å²) in [6.45, 7) is 4.34. The number of carbonyl (C=O) groups excluding carboxylic acids is 1. The zero-order chi connectivity index (χ0) is 23.6. The zero-order valence-corrected chi connectivity index (χ0v) is 20.2. The summed E-state index contributed by atoms with van der Waals surface area (Å²) >= 11 is 9.74. The number of amides is 1. The summed E-state index contributed by atoms with van der Waals surface area (Å²) in [4.78, 5) is 12.4. The number of hydrogen-bond acceptors (Lipinski definition) is 5. The van der Waals surface area contributed by atoms with Crippen LogP contribution in [0.3, 0.4) is 0 Å². The average molecular weight is 530 g/mol. The van der Waals surface area contributed by atoms with Gasteiger partial charge in [0.15, 0.2) is 11.5 Å². The maximum Gasteiger partial charge on any atom is 0.271 e. The van der Waals surface area contributed by atoms with E-state index < -0.39 is 0 Å². The number of halogens is 2. The molecule has 0 unspecified atom stereocenters. The van der Waals surface area contributed by atoms with Crippen LogP contribution in [0.15, 0.2) is 82.9 Å². The van der Waals surface area contributed by atoms with Crippen LogP contribution in [0.4, 0.5) is 0 Å². The van der Waals surface area contributed by atoms with Crippen molar-refractivity contribution in [1.29, 1.82) is 0 Å². The van der Waals surface area contributed by atoms with Crippen molar-refractivity contribution in [1.82, 2.24) is 5.43 Å². The second-order valence-electron chi connectivity index (χ2n) is 6.77. The van der Waals surface area contributed by atoms with Gasteiger partial charge < -0.3 is 14.2 Å². The average Bonchev–Trinajstić information content (AvgIpc) is 2.83. The third-order valence-corrected chi connectivity index (χ3v) is 5.25. The summed E-state index contributed by atoms with van der Waals surface area (Å²) in [5.74, 6) is 1.14. The molecular formula is C25H22BrClN2O4. The number of ether oxygens (including phenoxy) is 3. The first kappa shape index (κ1) is 24.4. The van der Waals surface area contributed by atoms with Crippen LogP contribution in [0, 0.1) is 0 Å². The van der Waals surface area contributed by atoms with Crippen molar-refractivity contribution in [2.24, 2.45) is 5.10 Å². The molecule has 0 aliphatic heterocycles. The molecule has 0 spiro atoms. The molecule has 3 aromatic carbocycles. The van der Waals surface area contributed by atoms with E-state index in [0.29, 0.717) is 46.6 Å². The normalized spacial score (nSPS) is 10.6. The van der Waals surface area contributed by atoms with Crippen LogP contribution in [0.5, 0.6) is 17.2 Å². The Balaban J connectivity index is 1.58. The Kier molecular flexibility index (Phi) is 8.92. The molecule has 0 radical (unpaired) electrons. The Morgan fingerprint density at radius 3 is 2.52 bits per heavy atom. The monoisotopic (exact) mass is 528 g/mol. The third-order valence-electron chi connectivity index (χ3n) is 4.43. The Morgan fingerprint density at radius 1 is 1.06 bits per heavy atom. The van der Waals surface area contributed by atoms with Gasteiger partial charge in [0, 0.05) is 10.0 Å². The molecule has 1 amide bonds. The summed E-state index contributed by atoms with van der Waals surface area (Å²) in [5.41, 5.74) is 4.60. The number of rotatable bonds is 10. The van der Waals surface area contributed by atoms with Gasteiger partial charge >= 0.3 is 0 Å². The molecule has 0 atom stereocenters. The highest BCUT2D eigenvalue weighted by atomic mass is 79.9. The van der Waals surface area contributed by atoms with Gasteiger partial charge in [0.1, 0.15) is 19.0 Å². The molecule has 1 N–H and O–H groups in total. The minimum Gasteiger partial charge on any atom is -0.493 e. The second kappa shape index (κ2) is 12.1. The number of nitrogens with zero attached hydrogens (tertiary/aromatic N) is 1. The van der Waals surface area contributed by atoms with Gasteiger partial charge in [-0.3, -0.25) is 4.79 Å². The van der Waals surface area contributed by atoms with E-state index in [-0.39, 0.29) is 5.91 Å². The van der Waals surface area contributed by atoms with E-state index in [1.807, 2.05) is 24.3 Å². The van der Waals surface area contributed by atoms with Gasteiger partial charge in [-0.25, -0.2) is 5.43 Å². The fourth-order valence-corrected chi connectivity index (χ4v) is 3.27. The van der Waals surface area contributed by atoms with Gasteiger partial charge in [0.05, 0.1) is 18.3 Å². The summed E-state index contributed by atoms with van der Waals surface area (Å²) in [7, 11) is 1.51. The smallest absolute Gasteiger partial charge is 0.271 e. The quantitative estimate of drug-likeness (QED) is 0.198. The summed E-state index contributed by atoms with van der Waals surface area (Å²) < 4.78 is 17.6. The molecular weight excluding hydrogens is 508 g/mol. The fraction of sp³-hybridized carbons (Fsp3) is 0.120. The summed E-state index contributed by atoms with van der Waals surface area (Å²) in [6, 6.07) is 18.0. The SMILES string of the molecule is C=CCOc1ccc(C(=O)N/N=C/c2ccc(OCc3ccc(Br)cc3)c(Cl)c2)cc1OC. The molecule has 0 fully saturated rings. The van der Waals surface area contributed by atoms with Gasteiger partial charge in [-0.2, -0.15) is 5.10 Å². The van der Waals surface area contributed by atoms with E-state index in [1.54, 1.807) is 42.5 Å². The summed E-state index contributed by atoms with van der Waals surface area (Å²) in [6.07, 6.45) is 3.13. The van der Waals surface area contributed by atoms with Crippen LogP contribution in [0.2, 0.25) is 5.02 Å². The van der Waals surface area contributed by atoms with Crippen molar-refractivity contribution >= 4 is 39.7 Å². The minimum atomic E-state index is -0.389. The van der Waals surface area contributed by atoms with Crippen LogP contribution >= 0.6 is 27.5 Å². The molecule has 0 aliphatic rings. The third kappa shape index (κ3) is 7.10. The van der Waals surface area contributed by atoms with Crippen molar-refractivity contribution in [2.75, 3.05) is 13.7 Å². The van der Waals surface area contributed by atoms with Crippen LogP contribution in [0.1, 0.15) is 21.5 Å². The molecule has 0 saturated heterocycles. The first-order valence-corrected chi connectivity index (χ1v) is 11.1. The van der Waals surface area contributed by atoms with Crippen LogP contribution in [-0.4, -0.2) is 25.8 Å². The van der Waals surface area contributed by atoms with E-state index in [1.165, 1.54) is 13.3 Å². The zero-order valence-electron chi connectivity index (χ0n) is 17.9. The number of hydrazone groups is 1. The highest BCUT2D eigenvalue weighted by Gasteiger charge is 2.10. The standard InChI is InChI=1S/C25H22BrClN2O4/c1-3-12-32-23-11-7-19(14-24(23)31-2)25(30)29-28-15-18-6-10-22(21(27)13-18)33-16-17-4-8-20(26)9-5-17/h3-11,13-15H,1,12,16H2,2H3,(H,29,30)/b28-15+. The first-order valence-electron chi connectivity index (χ1n) is 9.92. The highest BCUT2D eigenvalue weighted by Crippen LogP contribution is 2.28. The van der Waals surface area contributed by atoms with Gasteiger partial charge in [0.25, 0.3) is 5.91 Å². The predicted molar refractivity (Wildman–Crippen MR) is 134 cm³/mol. The molecule has 33 heavy (non-hydrogen) atoms. The van der Waals surface area contributed by atoms with Crippen molar-refractivity contribution in [3.63, 3.8) is 0 Å². The maximum absolute atomic E-state index is 12.4. The van der Waals surface area contributed by atoms with E-state index in [4.69, 9.17) is 25.8 Å². The summed E-state index contributed by atoms with van der Waals surface area (Å²) in [5, 5.41) is 4.45. The van der Waals surface area contributed by atoms with Crippen molar-refractivity contribution in [2.45, 2.75) is 6.61 Å². The Labute approximate surface area is 205 Å². The lowest BCUT2D eigenvalue weighted by atomic mass is 10.2. The van der Waals surface area contributed by atoms with Crippen LogP contribution in [0.25, 0.3) is 0 Å². The highest BCUT2D eigenvalue weighted by molar-refractivity contribution is 9.10. The van der Waals surface area contributed by atoms with Crippen LogP contribution in [-0.2, 0) is 6.61 Å². The second-order valence-corrected chi connectivity index (χ2v) is 8.09. The van der Waals surface area contributed by atoms with Crippen LogP contribution < -0.4 is 19.6 Å².